The summed E-state index contributed by atoms with van der Waals surface area (Å²) in [5, 5.41) is 0. The molecule has 0 saturated heterocycles. The molecule has 0 heterocycles. The van der Waals surface area contributed by atoms with Crippen LogP contribution >= 0.6 is 0 Å². The van der Waals surface area contributed by atoms with Gasteiger partial charge in [-0.25, -0.2) is 0 Å². The van der Waals surface area contributed by atoms with Gasteiger partial charge in [-0.05, 0) is 29.7 Å². The molecule has 0 amide bonds. The first-order chi connectivity index (χ1) is 9.27. The predicted molar refractivity (Wildman–Crippen MR) is 81.2 cm³/mol. The SMILES string of the molecule is CCCCCC(C)(c1cc[c]cc1)c1cc[c]cc1. The molecule has 2 aromatic rings. The van der Waals surface area contributed by atoms with Crippen LogP contribution in [0.4, 0.5) is 0 Å². The number of hydrogen-bond acceptors (Lipinski definition) is 0. The molecule has 2 rings (SSSR count). The van der Waals surface area contributed by atoms with Crippen molar-refractivity contribution in [3.05, 3.63) is 71.8 Å². The van der Waals surface area contributed by atoms with Gasteiger partial charge in [-0.15, -0.1) is 0 Å². The molecule has 0 aliphatic rings. The van der Waals surface area contributed by atoms with Gasteiger partial charge in [-0.3, -0.25) is 0 Å². The second-order valence-electron chi connectivity index (χ2n) is 5.37. The summed E-state index contributed by atoms with van der Waals surface area (Å²) < 4.78 is 0. The van der Waals surface area contributed by atoms with Crippen LogP contribution in [-0.4, -0.2) is 0 Å². The summed E-state index contributed by atoms with van der Waals surface area (Å²) in [6, 6.07) is 23.1. The fourth-order valence-electron chi connectivity index (χ4n) is 2.69. The first kappa shape index (κ1) is 13.9. The standard InChI is InChI=1S/C19H22/c1-3-4-11-16-19(2,17-12-7-5-8-13-17)18-14-9-6-10-15-18/h7-10,12-15H,3-4,11,16H2,1-2H3. The van der Waals surface area contributed by atoms with E-state index in [0.29, 0.717) is 0 Å². The van der Waals surface area contributed by atoms with Crippen molar-refractivity contribution in [2.45, 2.75) is 44.9 Å². The van der Waals surface area contributed by atoms with Gasteiger partial charge in [0, 0.05) is 5.41 Å². The van der Waals surface area contributed by atoms with Gasteiger partial charge in [-0.2, -0.15) is 0 Å². The molecule has 0 fully saturated rings. The van der Waals surface area contributed by atoms with E-state index in [1.54, 1.807) is 0 Å². The van der Waals surface area contributed by atoms with E-state index in [2.05, 4.69) is 50.2 Å². The van der Waals surface area contributed by atoms with Crippen LogP contribution < -0.4 is 0 Å². The molecule has 0 spiro atoms. The van der Waals surface area contributed by atoms with Crippen LogP contribution in [0.15, 0.2) is 48.5 Å². The van der Waals surface area contributed by atoms with E-state index in [9.17, 15) is 0 Å². The van der Waals surface area contributed by atoms with Crippen molar-refractivity contribution in [2.75, 3.05) is 0 Å². The Bertz CT molecular complexity index is 430. The molecule has 0 aliphatic carbocycles. The third-order valence-corrected chi connectivity index (χ3v) is 3.99. The summed E-state index contributed by atoms with van der Waals surface area (Å²) in [6.07, 6.45) is 5.02. The molecule has 0 N–H and O–H groups in total. The van der Waals surface area contributed by atoms with Crippen LogP contribution in [0.1, 0.15) is 50.7 Å². The van der Waals surface area contributed by atoms with Crippen LogP contribution in [0.3, 0.4) is 0 Å². The Kier molecular flexibility index (Phi) is 4.79. The highest BCUT2D eigenvalue weighted by atomic mass is 14.3. The minimum atomic E-state index is 0.0966. The van der Waals surface area contributed by atoms with Crippen molar-refractivity contribution < 1.29 is 0 Å². The minimum absolute atomic E-state index is 0.0966. The van der Waals surface area contributed by atoms with Gasteiger partial charge < -0.3 is 0 Å². The largest absolute Gasteiger partial charge is 0.0654 e. The zero-order chi connectivity index (χ0) is 13.6. The summed E-state index contributed by atoms with van der Waals surface area (Å²) in [4.78, 5) is 0. The molecule has 0 bridgehead atoms. The summed E-state index contributed by atoms with van der Waals surface area (Å²) in [6.45, 7) is 4.61. The van der Waals surface area contributed by atoms with Gasteiger partial charge in [0.25, 0.3) is 0 Å². The van der Waals surface area contributed by atoms with Crippen molar-refractivity contribution >= 4 is 0 Å². The van der Waals surface area contributed by atoms with Gasteiger partial charge in [0.05, 0.1) is 0 Å². The van der Waals surface area contributed by atoms with Gasteiger partial charge in [0.2, 0.25) is 0 Å². The molecular weight excluding hydrogens is 228 g/mol. The normalized spacial score (nSPS) is 11.5. The van der Waals surface area contributed by atoms with E-state index in [0.717, 1.165) is 0 Å². The van der Waals surface area contributed by atoms with Crippen LogP contribution in [0.2, 0.25) is 0 Å². The summed E-state index contributed by atoms with van der Waals surface area (Å²) >= 11 is 0. The van der Waals surface area contributed by atoms with E-state index in [-0.39, 0.29) is 5.41 Å². The first-order valence-electron chi connectivity index (χ1n) is 7.20. The highest BCUT2D eigenvalue weighted by molar-refractivity contribution is 5.37. The molecule has 0 unspecified atom stereocenters. The number of unbranched alkanes of at least 4 members (excludes halogenated alkanes) is 2. The Balaban J connectivity index is 2.33. The molecule has 0 nitrogen and oxygen atoms in total. The molecule has 0 heteroatoms. The lowest BCUT2D eigenvalue weighted by Crippen LogP contribution is -2.23. The Labute approximate surface area is 117 Å². The highest BCUT2D eigenvalue weighted by Crippen LogP contribution is 2.36. The fraction of sp³-hybridized carbons (Fsp3) is 0.368. The Morgan fingerprint density at radius 1 is 0.842 bits per heavy atom. The zero-order valence-electron chi connectivity index (χ0n) is 11.9. The Morgan fingerprint density at radius 2 is 1.32 bits per heavy atom. The molecule has 2 aromatic carbocycles. The lowest BCUT2D eigenvalue weighted by molar-refractivity contribution is 0.483. The lowest BCUT2D eigenvalue weighted by Gasteiger charge is -2.31. The van der Waals surface area contributed by atoms with Gasteiger partial charge in [0.15, 0.2) is 0 Å². The first-order valence-corrected chi connectivity index (χ1v) is 7.20. The third kappa shape index (κ3) is 3.26. The molecular formula is C19H22. The van der Waals surface area contributed by atoms with Crippen LogP contribution in [0.25, 0.3) is 0 Å². The Hall–Kier alpha value is -1.56. The molecule has 0 saturated carbocycles. The number of benzene rings is 2. The van der Waals surface area contributed by atoms with E-state index in [4.69, 9.17) is 0 Å². The van der Waals surface area contributed by atoms with E-state index in [1.807, 2.05) is 24.3 Å². The quantitative estimate of drug-likeness (QED) is 0.620. The van der Waals surface area contributed by atoms with Crippen LogP contribution in [0, 0.1) is 12.1 Å². The van der Waals surface area contributed by atoms with Gasteiger partial charge >= 0.3 is 0 Å². The van der Waals surface area contributed by atoms with Crippen molar-refractivity contribution in [1.29, 1.82) is 0 Å². The second kappa shape index (κ2) is 6.56. The van der Waals surface area contributed by atoms with Crippen LogP contribution in [0.5, 0.6) is 0 Å². The topological polar surface area (TPSA) is 0 Å². The maximum absolute atomic E-state index is 3.12. The van der Waals surface area contributed by atoms with Gasteiger partial charge in [0.1, 0.15) is 0 Å². The Morgan fingerprint density at radius 3 is 1.74 bits per heavy atom. The molecule has 98 valence electrons. The van der Waals surface area contributed by atoms with Crippen LogP contribution in [-0.2, 0) is 5.41 Å². The third-order valence-electron chi connectivity index (χ3n) is 3.99. The second-order valence-corrected chi connectivity index (χ2v) is 5.37. The molecule has 2 radical (unpaired) electrons. The summed E-state index contributed by atoms with van der Waals surface area (Å²) in [5.74, 6) is 0. The summed E-state index contributed by atoms with van der Waals surface area (Å²) in [7, 11) is 0. The van der Waals surface area contributed by atoms with Crippen molar-refractivity contribution in [3.8, 4) is 0 Å². The van der Waals surface area contributed by atoms with Crippen molar-refractivity contribution in [1.82, 2.24) is 0 Å². The molecule has 19 heavy (non-hydrogen) atoms. The van der Waals surface area contributed by atoms with E-state index in [1.165, 1.54) is 36.8 Å². The zero-order valence-corrected chi connectivity index (χ0v) is 11.9. The number of rotatable bonds is 6. The highest BCUT2D eigenvalue weighted by Gasteiger charge is 2.27. The minimum Gasteiger partial charge on any atom is -0.0654 e. The monoisotopic (exact) mass is 250 g/mol. The maximum atomic E-state index is 3.12. The maximum Gasteiger partial charge on any atom is 0.0174 e. The van der Waals surface area contributed by atoms with E-state index >= 15 is 0 Å². The average Bonchev–Trinajstić information content (AvgIpc) is 2.49. The lowest BCUT2D eigenvalue weighted by atomic mass is 9.73. The van der Waals surface area contributed by atoms with Crippen molar-refractivity contribution in [2.24, 2.45) is 0 Å². The predicted octanol–water partition coefficient (Wildman–Crippen LogP) is 5.17. The van der Waals surface area contributed by atoms with E-state index < -0.39 is 0 Å². The van der Waals surface area contributed by atoms with Gasteiger partial charge in [-0.1, -0.05) is 81.6 Å². The van der Waals surface area contributed by atoms with Crippen molar-refractivity contribution in [3.63, 3.8) is 0 Å². The fourth-order valence-corrected chi connectivity index (χ4v) is 2.69. The number of hydrogen-bond donors (Lipinski definition) is 0. The summed E-state index contributed by atoms with van der Waals surface area (Å²) in [5.41, 5.74) is 2.86. The molecule has 0 aromatic heterocycles. The average molecular weight is 250 g/mol. The smallest absolute Gasteiger partial charge is 0.0174 e. The molecule has 0 atom stereocenters. The molecule has 0 aliphatic heterocycles.